The molecule has 112 valence electrons. The molecule has 0 aromatic carbocycles. The van der Waals surface area contributed by atoms with E-state index in [4.69, 9.17) is 4.74 Å². The molecule has 6 heteroatoms. The summed E-state index contributed by atoms with van der Waals surface area (Å²) >= 11 is 0. The molecule has 5 nitrogen and oxygen atoms in total. The van der Waals surface area contributed by atoms with E-state index in [1.807, 2.05) is 6.92 Å². The molecule has 1 unspecified atom stereocenters. The predicted octanol–water partition coefficient (Wildman–Crippen LogP) is 1.26. The van der Waals surface area contributed by atoms with E-state index in [1.54, 1.807) is 13.8 Å². The van der Waals surface area contributed by atoms with Gasteiger partial charge in [0.15, 0.2) is 0 Å². The monoisotopic (exact) mass is 292 g/mol. The Bertz CT molecular complexity index is 326. The fraction of sp³-hybridized carbons (Fsp3) is 0.846. The van der Waals surface area contributed by atoms with E-state index in [2.05, 4.69) is 10.6 Å². The smallest absolute Gasteiger partial charge is 0.313 e. The van der Waals surface area contributed by atoms with Crippen LogP contribution in [0.2, 0.25) is 0 Å². The zero-order valence-electron chi connectivity index (χ0n) is 12.2. The second-order valence-electron chi connectivity index (χ2n) is 5.52. The molecule has 19 heavy (non-hydrogen) atoms. The predicted molar refractivity (Wildman–Crippen MR) is 76.3 cm³/mol. The maximum absolute atomic E-state index is 12.2. The molecule has 0 saturated carbocycles. The number of hydrogen-bond acceptors (Lipinski definition) is 4. The number of amides is 1. The average Bonchev–Trinajstić information content (AvgIpc) is 2.84. The highest BCUT2D eigenvalue weighted by Gasteiger charge is 2.40. The number of nitrogens with one attached hydrogen (secondary N) is 2. The van der Waals surface area contributed by atoms with Crippen LogP contribution in [0.5, 0.6) is 0 Å². The van der Waals surface area contributed by atoms with Gasteiger partial charge >= 0.3 is 5.97 Å². The molecular formula is C13H25ClN2O3. The number of esters is 1. The Morgan fingerprint density at radius 1 is 1.42 bits per heavy atom. The van der Waals surface area contributed by atoms with Crippen LogP contribution < -0.4 is 10.6 Å². The minimum absolute atomic E-state index is 0. The molecular weight excluding hydrogens is 268 g/mol. The van der Waals surface area contributed by atoms with Crippen molar-refractivity contribution in [2.75, 3.05) is 20.2 Å². The van der Waals surface area contributed by atoms with E-state index in [1.165, 1.54) is 7.11 Å². The summed E-state index contributed by atoms with van der Waals surface area (Å²) in [6.45, 7) is 6.70. The number of rotatable bonds is 5. The number of halogens is 1. The van der Waals surface area contributed by atoms with Crippen LogP contribution in [0.3, 0.4) is 0 Å². The molecule has 1 heterocycles. The minimum Gasteiger partial charge on any atom is -0.469 e. The Labute approximate surface area is 121 Å². The molecule has 0 radical (unpaired) electrons. The molecule has 1 saturated heterocycles. The van der Waals surface area contributed by atoms with Gasteiger partial charge in [-0.2, -0.15) is 0 Å². The van der Waals surface area contributed by atoms with Gasteiger partial charge in [-0.15, -0.1) is 12.4 Å². The largest absolute Gasteiger partial charge is 0.469 e. The molecule has 0 aromatic heterocycles. The summed E-state index contributed by atoms with van der Waals surface area (Å²) in [4.78, 5) is 23.8. The van der Waals surface area contributed by atoms with Crippen molar-refractivity contribution in [1.29, 1.82) is 0 Å². The van der Waals surface area contributed by atoms with Gasteiger partial charge in [0, 0.05) is 6.54 Å². The second-order valence-corrected chi connectivity index (χ2v) is 5.52. The molecule has 0 bridgehead atoms. The van der Waals surface area contributed by atoms with E-state index in [9.17, 15) is 9.59 Å². The molecule has 1 rings (SSSR count). The van der Waals surface area contributed by atoms with Crippen LogP contribution in [0.15, 0.2) is 0 Å². The lowest BCUT2D eigenvalue weighted by atomic mass is 9.90. The first-order valence-corrected chi connectivity index (χ1v) is 6.50. The highest BCUT2D eigenvalue weighted by molar-refractivity contribution is 5.87. The highest BCUT2D eigenvalue weighted by atomic mass is 35.5. The third-order valence-electron chi connectivity index (χ3n) is 3.71. The van der Waals surface area contributed by atoms with Crippen molar-refractivity contribution in [3.63, 3.8) is 0 Å². The van der Waals surface area contributed by atoms with E-state index in [-0.39, 0.29) is 24.3 Å². The topological polar surface area (TPSA) is 67.4 Å². The molecule has 0 aliphatic carbocycles. The molecule has 2 N–H and O–H groups in total. The van der Waals surface area contributed by atoms with Crippen LogP contribution in [0.1, 0.15) is 40.0 Å². The van der Waals surface area contributed by atoms with Gasteiger partial charge in [0.25, 0.3) is 0 Å². The first kappa shape index (κ1) is 18.2. The Morgan fingerprint density at radius 3 is 2.47 bits per heavy atom. The van der Waals surface area contributed by atoms with Crippen molar-refractivity contribution in [1.82, 2.24) is 10.6 Å². The minimum atomic E-state index is -0.696. The third kappa shape index (κ3) is 4.08. The van der Waals surface area contributed by atoms with Gasteiger partial charge in [-0.25, -0.2) is 0 Å². The summed E-state index contributed by atoms with van der Waals surface area (Å²) in [7, 11) is 1.36. The zero-order valence-corrected chi connectivity index (χ0v) is 13.0. The van der Waals surface area contributed by atoms with E-state index >= 15 is 0 Å². The quantitative estimate of drug-likeness (QED) is 0.749. The number of methoxy groups -OCH3 is 1. The van der Waals surface area contributed by atoms with E-state index in [0.29, 0.717) is 6.54 Å². The number of hydrogen-bond donors (Lipinski definition) is 2. The van der Waals surface area contributed by atoms with Crippen LogP contribution in [0, 0.1) is 5.41 Å². The van der Waals surface area contributed by atoms with Crippen LogP contribution in [0.25, 0.3) is 0 Å². The third-order valence-corrected chi connectivity index (χ3v) is 3.71. The van der Waals surface area contributed by atoms with Crippen LogP contribution in [-0.4, -0.2) is 37.6 Å². The first-order chi connectivity index (χ1) is 8.38. The maximum atomic E-state index is 12.2. The molecule has 1 amide bonds. The lowest BCUT2D eigenvalue weighted by molar-refractivity contribution is -0.150. The van der Waals surface area contributed by atoms with Gasteiger partial charge in [0.2, 0.25) is 5.91 Å². The molecule has 0 aromatic rings. The molecule has 1 fully saturated rings. The van der Waals surface area contributed by atoms with Crippen molar-refractivity contribution in [2.24, 2.45) is 5.41 Å². The molecule has 1 aliphatic heterocycles. The summed E-state index contributed by atoms with van der Waals surface area (Å²) in [5.74, 6) is -0.327. The normalized spacial score (nSPS) is 22.5. The summed E-state index contributed by atoms with van der Waals surface area (Å²) in [5.41, 5.74) is -1.15. The van der Waals surface area contributed by atoms with Gasteiger partial charge in [0.1, 0.15) is 0 Å². The molecule has 0 spiro atoms. The SMILES string of the molecule is CCC1(C(=O)NCC(C)(C)C(=O)OC)CCCN1.Cl. The van der Waals surface area contributed by atoms with Crippen molar-refractivity contribution in [3.8, 4) is 0 Å². The van der Waals surface area contributed by atoms with Gasteiger partial charge in [-0.05, 0) is 39.7 Å². The highest BCUT2D eigenvalue weighted by Crippen LogP contribution is 2.24. The maximum Gasteiger partial charge on any atom is 0.313 e. The Kier molecular flexibility index (Phi) is 6.80. The number of ether oxygens (including phenoxy) is 1. The van der Waals surface area contributed by atoms with Gasteiger partial charge in [-0.1, -0.05) is 6.92 Å². The molecule has 1 aliphatic rings. The van der Waals surface area contributed by atoms with Crippen LogP contribution in [-0.2, 0) is 14.3 Å². The summed E-state index contributed by atoms with van der Waals surface area (Å²) in [5, 5.41) is 6.14. The summed E-state index contributed by atoms with van der Waals surface area (Å²) < 4.78 is 4.72. The van der Waals surface area contributed by atoms with Crippen LogP contribution in [0.4, 0.5) is 0 Å². The fourth-order valence-electron chi connectivity index (χ4n) is 2.28. The standard InChI is InChI=1S/C13H24N2O3.ClH/c1-5-13(7-6-8-15-13)10(16)14-9-12(2,3)11(17)18-4;/h15H,5-9H2,1-4H3,(H,14,16);1H. The van der Waals surface area contributed by atoms with Crippen LogP contribution >= 0.6 is 12.4 Å². The Hall–Kier alpha value is -0.810. The van der Waals surface area contributed by atoms with E-state index < -0.39 is 11.0 Å². The van der Waals surface area contributed by atoms with Gasteiger partial charge < -0.3 is 15.4 Å². The van der Waals surface area contributed by atoms with Gasteiger partial charge in [0.05, 0.1) is 18.1 Å². The zero-order chi connectivity index (χ0) is 13.8. The fourth-order valence-corrected chi connectivity index (χ4v) is 2.28. The molecule has 1 atom stereocenters. The van der Waals surface area contributed by atoms with Crippen molar-refractivity contribution >= 4 is 24.3 Å². The van der Waals surface area contributed by atoms with Crippen molar-refractivity contribution < 1.29 is 14.3 Å². The van der Waals surface area contributed by atoms with E-state index in [0.717, 1.165) is 25.8 Å². The first-order valence-electron chi connectivity index (χ1n) is 6.50. The number of carbonyl (C=O) groups excluding carboxylic acids is 2. The van der Waals surface area contributed by atoms with Crippen molar-refractivity contribution in [3.05, 3.63) is 0 Å². The second kappa shape index (κ2) is 7.10. The lowest BCUT2D eigenvalue weighted by Gasteiger charge is -2.29. The average molecular weight is 293 g/mol. The van der Waals surface area contributed by atoms with Crippen molar-refractivity contribution in [2.45, 2.75) is 45.6 Å². The number of carbonyl (C=O) groups is 2. The summed E-state index contributed by atoms with van der Waals surface area (Å²) in [6.07, 6.45) is 2.63. The Morgan fingerprint density at radius 2 is 2.05 bits per heavy atom. The summed E-state index contributed by atoms with van der Waals surface area (Å²) in [6, 6.07) is 0. The lowest BCUT2D eigenvalue weighted by Crippen LogP contribution is -2.55. The van der Waals surface area contributed by atoms with Gasteiger partial charge in [-0.3, -0.25) is 9.59 Å². The Balaban J connectivity index is 0.00000324.